The first-order chi connectivity index (χ1) is 14.9. The van der Waals surface area contributed by atoms with Crippen molar-refractivity contribution in [3.05, 3.63) is 64.8 Å². The zero-order chi connectivity index (χ0) is 22.2. The van der Waals surface area contributed by atoms with Gasteiger partial charge in [-0.05, 0) is 36.1 Å². The molecule has 1 aromatic heterocycles. The molecule has 0 radical (unpaired) electrons. The first-order valence-electron chi connectivity index (χ1n) is 9.86. The van der Waals surface area contributed by atoms with Gasteiger partial charge in [0, 0.05) is 24.4 Å². The van der Waals surface area contributed by atoms with Crippen molar-refractivity contribution < 1.29 is 18.7 Å². The average molecular weight is 442 g/mol. The van der Waals surface area contributed by atoms with Gasteiger partial charge >= 0.3 is 0 Å². The summed E-state index contributed by atoms with van der Waals surface area (Å²) in [5.74, 6) is -0.631. The van der Waals surface area contributed by atoms with Gasteiger partial charge in [-0.2, -0.15) is 0 Å². The van der Waals surface area contributed by atoms with Gasteiger partial charge < -0.3 is 15.4 Å². The summed E-state index contributed by atoms with van der Waals surface area (Å²) in [7, 11) is 1.40. The van der Waals surface area contributed by atoms with Crippen molar-refractivity contribution in [2.24, 2.45) is 0 Å². The highest BCUT2D eigenvalue weighted by Crippen LogP contribution is 2.26. The molecule has 31 heavy (non-hydrogen) atoms. The summed E-state index contributed by atoms with van der Waals surface area (Å²) in [4.78, 5) is 27.6. The van der Waals surface area contributed by atoms with Crippen LogP contribution >= 0.6 is 11.3 Å². The highest BCUT2D eigenvalue weighted by atomic mass is 32.1. The number of ether oxygens (including phenoxy) is 1. The fraction of sp³-hybridized carbons (Fsp3) is 0.261. The van der Waals surface area contributed by atoms with E-state index in [0.29, 0.717) is 17.2 Å². The van der Waals surface area contributed by atoms with Gasteiger partial charge in [-0.1, -0.05) is 30.3 Å². The van der Waals surface area contributed by atoms with E-state index in [-0.39, 0.29) is 24.0 Å². The number of aromatic nitrogens is 1. The first kappa shape index (κ1) is 22.4. The molecule has 0 bridgehead atoms. The Balaban J connectivity index is 1.54. The predicted octanol–water partition coefficient (Wildman–Crippen LogP) is 4.21. The molecule has 0 unspecified atom stereocenters. The first-order valence-corrected chi connectivity index (χ1v) is 10.7. The van der Waals surface area contributed by atoms with Crippen molar-refractivity contribution in [2.75, 3.05) is 19.0 Å². The molecule has 0 fully saturated rings. The summed E-state index contributed by atoms with van der Waals surface area (Å²) in [6, 6.07) is 12.5. The molecule has 2 aromatic carbocycles. The third-order valence-corrected chi connectivity index (χ3v) is 5.36. The molecule has 0 aliphatic rings. The number of anilines is 1. The number of benzene rings is 2. The van der Waals surface area contributed by atoms with Gasteiger partial charge in [0.1, 0.15) is 0 Å². The zero-order valence-corrected chi connectivity index (χ0v) is 18.2. The van der Waals surface area contributed by atoms with E-state index >= 15 is 0 Å². The quantitative estimate of drug-likeness (QED) is 0.488. The summed E-state index contributed by atoms with van der Waals surface area (Å²) in [6.45, 7) is 2.17. The van der Waals surface area contributed by atoms with Crippen LogP contribution in [0.25, 0.3) is 11.3 Å². The molecule has 2 amide bonds. The SMILES string of the molecule is COc1ccc(CC(=O)Nc2nc(-c3ccc(CCCNC(C)=O)cc3)cs2)cc1F. The third-order valence-electron chi connectivity index (χ3n) is 4.60. The van der Waals surface area contributed by atoms with Crippen molar-refractivity contribution >= 4 is 28.3 Å². The average Bonchev–Trinajstić information content (AvgIpc) is 3.20. The summed E-state index contributed by atoms with van der Waals surface area (Å²) in [5.41, 5.74) is 3.48. The number of halogens is 1. The number of aryl methyl sites for hydroxylation is 1. The van der Waals surface area contributed by atoms with Crippen LogP contribution in [0.1, 0.15) is 24.5 Å². The molecule has 162 valence electrons. The lowest BCUT2D eigenvalue weighted by atomic mass is 10.1. The fourth-order valence-corrected chi connectivity index (χ4v) is 3.77. The number of nitrogens with one attached hydrogen (secondary N) is 2. The minimum atomic E-state index is -0.497. The Morgan fingerprint density at radius 2 is 1.87 bits per heavy atom. The summed E-state index contributed by atoms with van der Waals surface area (Å²) >= 11 is 1.34. The number of rotatable bonds is 9. The van der Waals surface area contributed by atoms with Crippen molar-refractivity contribution in [1.82, 2.24) is 10.3 Å². The molecule has 2 N–H and O–H groups in total. The molecular weight excluding hydrogens is 417 g/mol. The van der Waals surface area contributed by atoms with Gasteiger partial charge in [0.25, 0.3) is 0 Å². The number of carbonyl (C=O) groups is 2. The second-order valence-corrected chi connectivity index (χ2v) is 7.87. The van der Waals surface area contributed by atoms with Crippen molar-refractivity contribution in [3.63, 3.8) is 0 Å². The van der Waals surface area contributed by atoms with Gasteiger partial charge in [0.2, 0.25) is 11.8 Å². The molecule has 0 atom stereocenters. The van der Waals surface area contributed by atoms with Crippen molar-refractivity contribution in [2.45, 2.75) is 26.2 Å². The Hall–Kier alpha value is -3.26. The summed E-state index contributed by atoms with van der Waals surface area (Å²) < 4.78 is 18.7. The molecular formula is C23H24FN3O3S. The molecule has 0 saturated heterocycles. The number of nitrogens with zero attached hydrogens (tertiary/aromatic N) is 1. The van der Waals surface area contributed by atoms with Gasteiger partial charge in [-0.15, -0.1) is 11.3 Å². The van der Waals surface area contributed by atoms with Crippen molar-refractivity contribution in [3.8, 4) is 17.0 Å². The molecule has 3 rings (SSSR count). The second-order valence-electron chi connectivity index (χ2n) is 7.02. The van der Waals surface area contributed by atoms with Crippen LogP contribution in [-0.4, -0.2) is 30.5 Å². The Bertz CT molecular complexity index is 1050. The van der Waals surface area contributed by atoms with Crippen LogP contribution in [0.2, 0.25) is 0 Å². The lowest BCUT2D eigenvalue weighted by molar-refractivity contribution is -0.119. The molecule has 0 saturated carbocycles. The Morgan fingerprint density at radius 3 is 2.55 bits per heavy atom. The number of thiazole rings is 1. The number of hydrogen-bond acceptors (Lipinski definition) is 5. The van der Waals surface area contributed by atoms with E-state index in [0.717, 1.165) is 24.1 Å². The minimum Gasteiger partial charge on any atom is -0.494 e. The lowest BCUT2D eigenvalue weighted by Crippen LogP contribution is -2.21. The molecule has 6 nitrogen and oxygen atoms in total. The lowest BCUT2D eigenvalue weighted by Gasteiger charge is -2.05. The van der Waals surface area contributed by atoms with Crippen LogP contribution in [-0.2, 0) is 22.4 Å². The van der Waals surface area contributed by atoms with Gasteiger partial charge in [-0.3, -0.25) is 9.59 Å². The highest BCUT2D eigenvalue weighted by Gasteiger charge is 2.11. The monoisotopic (exact) mass is 441 g/mol. The van der Waals surface area contributed by atoms with Crippen LogP contribution < -0.4 is 15.4 Å². The second kappa shape index (κ2) is 10.7. The molecule has 8 heteroatoms. The van der Waals surface area contributed by atoms with Gasteiger partial charge in [-0.25, -0.2) is 9.37 Å². The molecule has 0 aliphatic heterocycles. The predicted molar refractivity (Wildman–Crippen MR) is 120 cm³/mol. The largest absolute Gasteiger partial charge is 0.494 e. The number of methoxy groups -OCH3 is 1. The smallest absolute Gasteiger partial charge is 0.230 e. The van der Waals surface area contributed by atoms with Crippen LogP contribution in [0.4, 0.5) is 9.52 Å². The topological polar surface area (TPSA) is 80.3 Å². The van der Waals surface area contributed by atoms with Crippen molar-refractivity contribution in [1.29, 1.82) is 0 Å². The van der Waals surface area contributed by atoms with Crippen LogP contribution in [0.3, 0.4) is 0 Å². The summed E-state index contributed by atoms with van der Waals surface area (Å²) in [5, 5.41) is 7.93. The highest BCUT2D eigenvalue weighted by molar-refractivity contribution is 7.14. The number of hydrogen-bond donors (Lipinski definition) is 2. The maximum Gasteiger partial charge on any atom is 0.230 e. The maximum absolute atomic E-state index is 13.8. The summed E-state index contributed by atoms with van der Waals surface area (Å²) in [6.07, 6.45) is 1.80. The van der Waals surface area contributed by atoms with E-state index in [1.54, 1.807) is 6.07 Å². The van der Waals surface area contributed by atoms with E-state index < -0.39 is 5.82 Å². The Kier molecular flexibility index (Phi) is 7.72. The third kappa shape index (κ3) is 6.62. The normalized spacial score (nSPS) is 10.5. The minimum absolute atomic E-state index is 0.0158. The standard InChI is InChI=1S/C23H24FN3O3S/c1-15(28)25-11-3-4-16-5-8-18(9-6-16)20-14-31-23(26-20)27-22(29)13-17-7-10-21(30-2)19(24)12-17/h5-10,12,14H,3-4,11,13H2,1-2H3,(H,25,28)(H,26,27,29). The van der Waals surface area contributed by atoms with Gasteiger partial charge in [0.15, 0.2) is 16.7 Å². The van der Waals surface area contributed by atoms with Crippen LogP contribution in [0.5, 0.6) is 5.75 Å². The number of carbonyl (C=O) groups excluding carboxylic acids is 2. The van der Waals surface area contributed by atoms with E-state index in [2.05, 4.69) is 15.6 Å². The molecule has 0 spiro atoms. The molecule has 1 heterocycles. The Labute approximate surface area is 184 Å². The van der Waals surface area contributed by atoms with E-state index in [1.807, 2.05) is 29.6 Å². The van der Waals surface area contributed by atoms with Crippen LogP contribution in [0.15, 0.2) is 47.8 Å². The number of amides is 2. The Morgan fingerprint density at radius 1 is 1.13 bits per heavy atom. The van der Waals surface area contributed by atoms with Crippen LogP contribution in [0, 0.1) is 5.82 Å². The molecule has 3 aromatic rings. The fourth-order valence-electron chi connectivity index (χ4n) is 3.03. The van der Waals surface area contributed by atoms with E-state index in [4.69, 9.17) is 4.74 Å². The maximum atomic E-state index is 13.8. The molecule has 0 aliphatic carbocycles. The van der Waals surface area contributed by atoms with E-state index in [9.17, 15) is 14.0 Å². The van der Waals surface area contributed by atoms with Gasteiger partial charge in [0.05, 0.1) is 19.2 Å². The van der Waals surface area contributed by atoms with E-state index in [1.165, 1.54) is 43.1 Å². The zero-order valence-electron chi connectivity index (χ0n) is 17.4.